The second-order valence-corrected chi connectivity index (χ2v) is 9.30. The highest BCUT2D eigenvalue weighted by molar-refractivity contribution is 5.85. The Morgan fingerprint density at radius 1 is 1.06 bits per heavy atom. The van der Waals surface area contributed by atoms with Crippen LogP contribution in [0, 0.1) is 11.8 Å². The molecule has 8 heteroatoms. The van der Waals surface area contributed by atoms with E-state index in [1.165, 1.54) is 31.2 Å². The quantitative estimate of drug-likeness (QED) is 0.710. The van der Waals surface area contributed by atoms with Gasteiger partial charge in [-0.3, -0.25) is 9.69 Å². The lowest BCUT2D eigenvalue weighted by Gasteiger charge is -2.55. The zero-order valence-corrected chi connectivity index (χ0v) is 19.9. The monoisotopic (exact) mass is 470 g/mol. The molecular weight excluding hydrogens is 435 g/mol. The number of fused-ring (bicyclic) bond motifs is 4. The van der Waals surface area contributed by atoms with Crippen LogP contribution in [0.15, 0.2) is 24.3 Å². The van der Waals surface area contributed by atoms with Crippen molar-refractivity contribution in [2.45, 2.75) is 43.8 Å². The first-order valence-corrected chi connectivity index (χ1v) is 11.4. The number of piperazine rings is 1. The number of halogens is 2. The summed E-state index contributed by atoms with van der Waals surface area (Å²) in [5, 5.41) is 6.76. The van der Waals surface area contributed by atoms with Crippen molar-refractivity contribution in [1.29, 1.82) is 0 Å². The Morgan fingerprint density at radius 3 is 2.58 bits per heavy atom. The first-order valence-electron chi connectivity index (χ1n) is 11.4. The number of nitrogens with zero attached hydrogens (tertiary/aromatic N) is 2. The lowest BCUT2D eigenvalue weighted by molar-refractivity contribution is -0.141. The fourth-order valence-corrected chi connectivity index (χ4v) is 6.22. The van der Waals surface area contributed by atoms with Crippen LogP contribution >= 0.6 is 24.8 Å². The predicted molar refractivity (Wildman–Crippen MR) is 127 cm³/mol. The molecule has 5 rings (SSSR count). The van der Waals surface area contributed by atoms with E-state index in [2.05, 4.69) is 44.7 Å². The van der Waals surface area contributed by atoms with E-state index in [4.69, 9.17) is 4.74 Å². The Morgan fingerprint density at radius 2 is 1.87 bits per heavy atom. The van der Waals surface area contributed by atoms with Crippen LogP contribution in [0.4, 0.5) is 0 Å². The van der Waals surface area contributed by atoms with Crippen molar-refractivity contribution in [2.75, 3.05) is 46.4 Å². The Balaban J connectivity index is 0.00000136. The molecule has 1 aromatic carbocycles. The zero-order chi connectivity index (χ0) is 19.8. The molecule has 4 heterocycles. The van der Waals surface area contributed by atoms with Gasteiger partial charge in [0.15, 0.2) is 0 Å². The number of carbonyl (C=O) groups is 1. The molecule has 2 N–H and O–H groups in total. The first kappa shape index (κ1) is 24.6. The van der Waals surface area contributed by atoms with E-state index < -0.39 is 0 Å². The van der Waals surface area contributed by atoms with E-state index in [0.29, 0.717) is 29.8 Å². The lowest BCUT2D eigenvalue weighted by atomic mass is 9.73. The molecule has 5 atom stereocenters. The van der Waals surface area contributed by atoms with Crippen LogP contribution in [-0.4, -0.2) is 74.2 Å². The number of nitrogens with one attached hydrogen (secondary N) is 2. The minimum atomic E-state index is -0.0444. The first-order chi connectivity index (χ1) is 14.2. The number of rotatable bonds is 3. The van der Waals surface area contributed by atoms with E-state index in [0.717, 1.165) is 45.0 Å². The maximum atomic E-state index is 13.1. The normalized spacial score (nSPS) is 32.8. The van der Waals surface area contributed by atoms with E-state index >= 15 is 0 Å². The standard InChI is InChI=1S/C23H34N4O2.2ClH/c1-29-19-7-5-17(6-8-19)21-3-2-4-22-18-11-16(14-27(21)22)13-26(15-18)23(28)20-12-24-9-10-25-20;;/h5-8,16,18,20-22,24-25H,2-4,9-15H2,1H3;2*1H/t16-,18+,20-,21+,22-;;/m0../s1. The molecule has 2 bridgehead atoms. The van der Waals surface area contributed by atoms with Crippen LogP contribution in [0.1, 0.15) is 37.3 Å². The molecular formula is C23H36Cl2N4O2. The van der Waals surface area contributed by atoms with Crippen LogP contribution in [0.25, 0.3) is 0 Å². The van der Waals surface area contributed by atoms with Crippen molar-refractivity contribution in [3.05, 3.63) is 29.8 Å². The molecule has 0 aromatic heterocycles. The van der Waals surface area contributed by atoms with Gasteiger partial charge in [-0.05, 0) is 55.2 Å². The van der Waals surface area contributed by atoms with Gasteiger partial charge in [-0.2, -0.15) is 0 Å². The average molecular weight is 471 g/mol. The van der Waals surface area contributed by atoms with Crippen molar-refractivity contribution >= 4 is 30.7 Å². The number of hydrogen-bond donors (Lipinski definition) is 2. The minimum Gasteiger partial charge on any atom is -0.497 e. The molecule has 31 heavy (non-hydrogen) atoms. The van der Waals surface area contributed by atoms with Gasteiger partial charge in [-0.1, -0.05) is 12.1 Å². The second-order valence-electron chi connectivity index (χ2n) is 9.30. The van der Waals surface area contributed by atoms with E-state index in [9.17, 15) is 4.79 Å². The van der Waals surface area contributed by atoms with Crippen molar-refractivity contribution in [1.82, 2.24) is 20.4 Å². The fourth-order valence-electron chi connectivity index (χ4n) is 6.22. The van der Waals surface area contributed by atoms with Gasteiger partial charge in [0.25, 0.3) is 0 Å². The van der Waals surface area contributed by atoms with Gasteiger partial charge in [0.2, 0.25) is 5.91 Å². The molecule has 1 amide bonds. The SMILES string of the molecule is COc1ccc([C@H]2CCC[C@H]3[C@@H]4C[C@@H](CN(C(=O)[C@@H]5CNCCN5)C4)CN23)cc1.Cl.Cl. The number of methoxy groups -OCH3 is 1. The van der Waals surface area contributed by atoms with Gasteiger partial charge >= 0.3 is 0 Å². The summed E-state index contributed by atoms with van der Waals surface area (Å²) < 4.78 is 5.35. The third-order valence-corrected chi connectivity index (χ3v) is 7.54. The van der Waals surface area contributed by atoms with Crippen molar-refractivity contribution in [3.8, 4) is 5.75 Å². The number of amides is 1. The molecule has 4 saturated heterocycles. The summed E-state index contributed by atoms with van der Waals surface area (Å²) in [4.78, 5) is 18.1. The van der Waals surface area contributed by atoms with E-state index in [1.807, 2.05) is 0 Å². The zero-order valence-electron chi connectivity index (χ0n) is 18.3. The van der Waals surface area contributed by atoms with Crippen LogP contribution in [0.2, 0.25) is 0 Å². The fraction of sp³-hybridized carbons (Fsp3) is 0.696. The predicted octanol–water partition coefficient (Wildman–Crippen LogP) is 2.47. The summed E-state index contributed by atoms with van der Waals surface area (Å²) in [6.45, 7) is 5.59. The van der Waals surface area contributed by atoms with E-state index in [1.54, 1.807) is 7.11 Å². The number of likely N-dealkylation sites (tertiary alicyclic amines) is 1. The number of ether oxygens (including phenoxy) is 1. The molecule has 0 spiro atoms. The molecule has 174 valence electrons. The van der Waals surface area contributed by atoms with Gasteiger partial charge in [-0.25, -0.2) is 0 Å². The third kappa shape index (κ3) is 4.98. The summed E-state index contributed by atoms with van der Waals surface area (Å²) in [6, 6.07) is 9.75. The van der Waals surface area contributed by atoms with Crippen molar-refractivity contribution in [3.63, 3.8) is 0 Å². The summed E-state index contributed by atoms with van der Waals surface area (Å²) in [5.41, 5.74) is 1.42. The Kier molecular flexibility index (Phi) is 8.50. The molecule has 4 fully saturated rings. The van der Waals surface area contributed by atoms with E-state index in [-0.39, 0.29) is 30.9 Å². The van der Waals surface area contributed by atoms with Crippen LogP contribution in [-0.2, 0) is 4.79 Å². The average Bonchev–Trinajstić information content (AvgIpc) is 2.79. The van der Waals surface area contributed by atoms with Crippen LogP contribution in [0.3, 0.4) is 0 Å². The Labute approximate surface area is 198 Å². The molecule has 0 aliphatic carbocycles. The van der Waals surface area contributed by atoms with Crippen molar-refractivity contribution in [2.24, 2.45) is 11.8 Å². The van der Waals surface area contributed by atoms with Crippen LogP contribution < -0.4 is 15.4 Å². The maximum Gasteiger partial charge on any atom is 0.241 e. The van der Waals surface area contributed by atoms with Gasteiger partial charge < -0.3 is 20.3 Å². The van der Waals surface area contributed by atoms with Crippen molar-refractivity contribution < 1.29 is 9.53 Å². The number of carbonyl (C=O) groups excluding carboxylic acids is 1. The summed E-state index contributed by atoms with van der Waals surface area (Å²) in [6.07, 6.45) is 5.08. The molecule has 1 aromatic rings. The molecule has 0 saturated carbocycles. The van der Waals surface area contributed by atoms with Gasteiger partial charge in [-0.15, -0.1) is 24.8 Å². The highest BCUT2D eigenvalue weighted by Crippen LogP contribution is 2.44. The summed E-state index contributed by atoms with van der Waals surface area (Å²) in [5.74, 6) is 2.45. The summed E-state index contributed by atoms with van der Waals surface area (Å²) in [7, 11) is 1.73. The second kappa shape index (κ2) is 10.7. The number of piperidine rings is 3. The molecule has 0 unspecified atom stereocenters. The Bertz CT molecular complexity index is 729. The Hall–Kier alpha value is -1.05. The minimum absolute atomic E-state index is 0. The topological polar surface area (TPSA) is 56.8 Å². The summed E-state index contributed by atoms with van der Waals surface area (Å²) >= 11 is 0. The van der Waals surface area contributed by atoms with Crippen LogP contribution in [0.5, 0.6) is 5.75 Å². The maximum absolute atomic E-state index is 13.1. The van der Waals surface area contributed by atoms with Gasteiger partial charge in [0.1, 0.15) is 5.75 Å². The van der Waals surface area contributed by atoms with Gasteiger partial charge in [0.05, 0.1) is 13.2 Å². The smallest absolute Gasteiger partial charge is 0.241 e. The third-order valence-electron chi connectivity index (χ3n) is 7.54. The molecule has 4 aliphatic heterocycles. The lowest BCUT2D eigenvalue weighted by Crippen LogP contribution is -2.63. The molecule has 4 aliphatic rings. The van der Waals surface area contributed by atoms with Gasteiger partial charge in [0, 0.05) is 51.4 Å². The highest BCUT2D eigenvalue weighted by Gasteiger charge is 2.46. The number of hydrogen-bond acceptors (Lipinski definition) is 5. The highest BCUT2D eigenvalue weighted by atomic mass is 35.5. The largest absolute Gasteiger partial charge is 0.497 e. The molecule has 0 radical (unpaired) electrons. The molecule has 6 nitrogen and oxygen atoms in total. The number of benzene rings is 1.